The van der Waals surface area contributed by atoms with Crippen molar-refractivity contribution in [1.29, 1.82) is 0 Å². The van der Waals surface area contributed by atoms with E-state index in [1.165, 1.54) is 0 Å². The van der Waals surface area contributed by atoms with Gasteiger partial charge in [0.05, 0.1) is 6.10 Å². The van der Waals surface area contributed by atoms with Crippen LogP contribution in [0.1, 0.15) is 34.3 Å². The molecule has 0 aliphatic heterocycles. The Morgan fingerprint density at radius 3 is 2.63 bits per heavy atom. The summed E-state index contributed by atoms with van der Waals surface area (Å²) in [6.07, 6.45) is 2.59. The fraction of sp³-hybridized carbons (Fsp3) is 0.235. The molecule has 0 spiro atoms. The van der Waals surface area contributed by atoms with Gasteiger partial charge in [-0.1, -0.05) is 36.4 Å². The molecule has 2 heteroatoms. The summed E-state index contributed by atoms with van der Waals surface area (Å²) in [7, 11) is 0. The highest BCUT2D eigenvalue weighted by atomic mass is 16.5. The molecule has 96 valence electrons. The molecule has 19 heavy (non-hydrogen) atoms. The lowest BCUT2D eigenvalue weighted by molar-refractivity contribution is 0.103. The molecule has 2 nitrogen and oxygen atoms in total. The monoisotopic (exact) mass is 252 g/mol. The Labute approximate surface area is 113 Å². The number of ketones is 1. The van der Waals surface area contributed by atoms with E-state index < -0.39 is 0 Å². The molecule has 3 rings (SSSR count). The van der Waals surface area contributed by atoms with Gasteiger partial charge in [-0.25, -0.2) is 0 Å². The molecule has 0 heterocycles. The van der Waals surface area contributed by atoms with Crippen molar-refractivity contribution in [2.75, 3.05) is 0 Å². The second-order valence-electron chi connectivity index (χ2n) is 4.99. The molecule has 0 bridgehead atoms. The molecule has 1 aliphatic rings. The highest BCUT2D eigenvalue weighted by Crippen LogP contribution is 2.27. The van der Waals surface area contributed by atoms with Gasteiger partial charge in [-0.2, -0.15) is 0 Å². The third kappa shape index (κ3) is 2.68. The maximum atomic E-state index is 12.5. The third-order valence-corrected chi connectivity index (χ3v) is 3.31. The molecule has 2 aromatic rings. The van der Waals surface area contributed by atoms with Gasteiger partial charge < -0.3 is 4.74 Å². The van der Waals surface area contributed by atoms with E-state index in [0.717, 1.165) is 29.7 Å². The first-order valence-corrected chi connectivity index (χ1v) is 6.61. The Bertz CT molecular complexity index is 612. The van der Waals surface area contributed by atoms with Crippen molar-refractivity contribution in [3.05, 3.63) is 65.2 Å². The fourth-order valence-corrected chi connectivity index (χ4v) is 2.07. The van der Waals surface area contributed by atoms with Gasteiger partial charge in [-0.15, -0.1) is 0 Å². The molecule has 1 aliphatic carbocycles. The number of hydrogen-bond donors (Lipinski definition) is 0. The Morgan fingerprint density at radius 2 is 1.89 bits per heavy atom. The van der Waals surface area contributed by atoms with E-state index in [9.17, 15) is 4.79 Å². The molecular weight excluding hydrogens is 236 g/mol. The van der Waals surface area contributed by atoms with Gasteiger partial charge in [-0.3, -0.25) is 4.79 Å². The van der Waals surface area contributed by atoms with Crippen LogP contribution in [-0.2, 0) is 0 Å². The maximum absolute atomic E-state index is 12.5. The topological polar surface area (TPSA) is 26.3 Å². The molecule has 0 aromatic heterocycles. The lowest BCUT2D eigenvalue weighted by atomic mass is 9.99. The Morgan fingerprint density at radius 1 is 1.11 bits per heavy atom. The van der Waals surface area contributed by atoms with Gasteiger partial charge in [0.2, 0.25) is 0 Å². The van der Waals surface area contributed by atoms with Crippen LogP contribution in [0.4, 0.5) is 0 Å². The maximum Gasteiger partial charge on any atom is 0.193 e. The zero-order valence-corrected chi connectivity index (χ0v) is 10.9. The minimum Gasteiger partial charge on any atom is -0.490 e. The molecule has 2 aromatic carbocycles. The van der Waals surface area contributed by atoms with Crippen LogP contribution >= 0.6 is 0 Å². The highest BCUT2D eigenvalue weighted by molar-refractivity contribution is 6.10. The van der Waals surface area contributed by atoms with Crippen LogP contribution in [0, 0.1) is 6.92 Å². The van der Waals surface area contributed by atoms with Gasteiger partial charge in [0.25, 0.3) is 0 Å². The van der Waals surface area contributed by atoms with E-state index in [1.807, 2.05) is 55.5 Å². The fourth-order valence-electron chi connectivity index (χ4n) is 2.07. The van der Waals surface area contributed by atoms with Crippen LogP contribution in [0.3, 0.4) is 0 Å². The second-order valence-corrected chi connectivity index (χ2v) is 4.99. The van der Waals surface area contributed by atoms with Crippen LogP contribution in [-0.4, -0.2) is 11.9 Å². The average Bonchev–Trinajstić information content (AvgIpc) is 3.23. The molecule has 0 amide bonds. The van der Waals surface area contributed by atoms with Gasteiger partial charge in [-0.05, 0) is 37.5 Å². The van der Waals surface area contributed by atoms with Gasteiger partial charge in [0.15, 0.2) is 5.78 Å². The van der Waals surface area contributed by atoms with Crippen LogP contribution < -0.4 is 4.74 Å². The first kappa shape index (κ1) is 12.0. The quantitative estimate of drug-likeness (QED) is 0.774. The Hall–Kier alpha value is -2.09. The average molecular weight is 252 g/mol. The second kappa shape index (κ2) is 4.88. The summed E-state index contributed by atoms with van der Waals surface area (Å²) < 4.78 is 5.73. The van der Waals surface area contributed by atoms with Gasteiger partial charge in [0.1, 0.15) is 5.75 Å². The van der Waals surface area contributed by atoms with Crippen LogP contribution in [0.25, 0.3) is 0 Å². The van der Waals surface area contributed by atoms with Gasteiger partial charge >= 0.3 is 0 Å². The van der Waals surface area contributed by atoms with Gasteiger partial charge in [0, 0.05) is 11.1 Å². The summed E-state index contributed by atoms with van der Waals surface area (Å²) in [6.45, 7) is 1.96. The Balaban J connectivity index is 1.88. The summed E-state index contributed by atoms with van der Waals surface area (Å²) >= 11 is 0. The predicted molar refractivity (Wildman–Crippen MR) is 74.7 cm³/mol. The Kier molecular flexibility index (Phi) is 3.08. The molecule has 0 radical (unpaired) electrons. The first-order valence-electron chi connectivity index (χ1n) is 6.61. The molecule has 0 unspecified atom stereocenters. The number of aryl methyl sites for hydroxylation is 1. The summed E-state index contributed by atoms with van der Waals surface area (Å²) in [5, 5.41) is 0. The largest absolute Gasteiger partial charge is 0.490 e. The van der Waals surface area contributed by atoms with E-state index in [2.05, 4.69) is 0 Å². The van der Waals surface area contributed by atoms with Crippen LogP contribution in [0.5, 0.6) is 5.75 Å². The number of hydrogen-bond acceptors (Lipinski definition) is 2. The summed E-state index contributed by atoms with van der Waals surface area (Å²) in [4.78, 5) is 12.5. The molecule has 0 N–H and O–H groups in total. The zero-order chi connectivity index (χ0) is 13.2. The highest BCUT2D eigenvalue weighted by Gasteiger charge is 2.23. The zero-order valence-electron chi connectivity index (χ0n) is 10.9. The normalized spacial score (nSPS) is 14.2. The number of benzene rings is 2. The van der Waals surface area contributed by atoms with E-state index in [1.54, 1.807) is 0 Å². The van der Waals surface area contributed by atoms with Crippen molar-refractivity contribution in [1.82, 2.24) is 0 Å². The predicted octanol–water partition coefficient (Wildman–Crippen LogP) is 3.77. The number of carbonyl (C=O) groups excluding carboxylic acids is 1. The van der Waals surface area contributed by atoms with Crippen molar-refractivity contribution in [3.8, 4) is 5.75 Å². The van der Waals surface area contributed by atoms with Crippen LogP contribution in [0.15, 0.2) is 48.5 Å². The first-order chi connectivity index (χ1) is 9.24. The molecular formula is C17H16O2. The van der Waals surface area contributed by atoms with E-state index in [-0.39, 0.29) is 5.78 Å². The smallest absolute Gasteiger partial charge is 0.193 e. The summed E-state index contributed by atoms with van der Waals surface area (Å²) in [5.41, 5.74) is 2.44. The number of ether oxygens (including phenoxy) is 1. The minimum absolute atomic E-state index is 0.0550. The third-order valence-electron chi connectivity index (χ3n) is 3.31. The summed E-state index contributed by atoms with van der Waals surface area (Å²) in [5.74, 6) is 0.848. The standard InChI is InChI=1S/C17H16O2/c1-12-5-2-3-8-16(12)17(18)13-6-4-7-15(11-13)19-14-9-10-14/h2-8,11,14H,9-10H2,1H3. The van der Waals surface area contributed by atoms with Crippen molar-refractivity contribution in [3.63, 3.8) is 0 Å². The molecule has 1 saturated carbocycles. The molecule has 0 saturated heterocycles. The SMILES string of the molecule is Cc1ccccc1C(=O)c1cccc(OC2CC2)c1. The minimum atomic E-state index is 0.0550. The van der Waals surface area contributed by atoms with Crippen LogP contribution in [0.2, 0.25) is 0 Å². The van der Waals surface area contributed by atoms with Crippen molar-refractivity contribution in [2.45, 2.75) is 25.9 Å². The molecule has 1 fully saturated rings. The summed E-state index contributed by atoms with van der Waals surface area (Å²) in [6, 6.07) is 15.1. The van der Waals surface area contributed by atoms with E-state index in [4.69, 9.17) is 4.74 Å². The number of carbonyl (C=O) groups is 1. The lowest BCUT2D eigenvalue weighted by Crippen LogP contribution is -2.04. The van der Waals surface area contributed by atoms with Crippen molar-refractivity contribution < 1.29 is 9.53 Å². The van der Waals surface area contributed by atoms with Crippen molar-refractivity contribution >= 4 is 5.78 Å². The van der Waals surface area contributed by atoms with Crippen molar-refractivity contribution in [2.24, 2.45) is 0 Å². The molecule has 0 atom stereocenters. The lowest BCUT2D eigenvalue weighted by Gasteiger charge is -2.08. The number of rotatable bonds is 4. The van der Waals surface area contributed by atoms with E-state index in [0.29, 0.717) is 11.7 Å². The van der Waals surface area contributed by atoms with E-state index >= 15 is 0 Å².